The summed E-state index contributed by atoms with van der Waals surface area (Å²) >= 11 is 7.73. The Morgan fingerprint density at radius 1 is 1.12 bits per heavy atom. The van der Waals surface area contributed by atoms with Crippen molar-refractivity contribution in [2.24, 2.45) is 0 Å². The van der Waals surface area contributed by atoms with Crippen molar-refractivity contribution in [2.45, 2.75) is 6.42 Å². The van der Waals surface area contributed by atoms with E-state index >= 15 is 0 Å². The number of halogens is 1. The van der Waals surface area contributed by atoms with Crippen LogP contribution < -0.4 is 15.0 Å². The van der Waals surface area contributed by atoms with Gasteiger partial charge in [-0.2, -0.15) is 0 Å². The maximum atomic E-state index is 13.2. The minimum absolute atomic E-state index is 0.0872. The number of hydrogen-bond acceptors (Lipinski definition) is 5. The molecule has 32 heavy (non-hydrogen) atoms. The molecule has 0 fully saturated rings. The maximum Gasteiger partial charge on any atom is 0.268 e. The Hall–Kier alpha value is -2.87. The molecule has 3 aromatic rings. The SMILES string of the molecule is CN(C)CC(=O)Nc1ccc2c(c1)OCCc1cc(C(=O)N(C)c3ccccc3Cl)sc1-2. The fraction of sp³-hybridized carbons (Fsp3) is 0.250. The third-order valence-corrected chi connectivity index (χ3v) is 6.66. The molecule has 2 aromatic carbocycles. The zero-order chi connectivity index (χ0) is 22.8. The lowest BCUT2D eigenvalue weighted by Gasteiger charge is -2.17. The first-order valence-corrected chi connectivity index (χ1v) is 11.4. The van der Waals surface area contributed by atoms with E-state index in [9.17, 15) is 9.59 Å². The van der Waals surface area contributed by atoms with Gasteiger partial charge in [0, 0.05) is 35.7 Å². The van der Waals surface area contributed by atoms with Crippen molar-refractivity contribution in [1.82, 2.24) is 4.90 Å². The van der Waals surface area contributed by atoms with Crippen molar-refractivity contribution in [2.75, 3.05) is 44.5 Å². The molecule has 0 atom stereocenters. The predicted molar refractivity (Wildman–Crippen MR) is 130 cm³/mol. The number of hydrogen-bond donors (Lipinski definition) is 1. The molecule has 4 rings (SSSR count). The summed E-state index contributed by atoms with van der Waals surface area (Å²) in [4.78, 5) is 30.3. The average molecular weight is 470 g/mol. The van der Waals surface area contributed by atoms with Gasteiger partial charge in [-0.3, -0.25) is 9.59 Å². The van der Waals surface area contributed by atoms with E-state index in [0.717, 1.165) is 16.0 Å². The van der Waals surface area contributed by atoms with Crippen LogP contribution in [-0.2, 0) is 11.2 Å². The monoisotopic (exact) mass is 469 g/mol. The molecule has 0 saturated heterocycles. The predicted octanol–water partition coefficient (Wildman–Crippen LogP) is 4.78. The second-order valence-corrected chi connectivity index (χ2v) is 9.34. The molecule has 1 aliphatic rings. The first kappa shape index (κ1) is 22.3. The Morgan fingerprint density at radius 3 is 2.66 bits per heavy atom. The van der Waals surface area contributed by atoms with Gasteiger partial charge in [-0.1, -0.05) is 23.7 Å². The number of fused-ring (bicyclic) bond motifs is 3. The highest BCUT2D eigenvalue weighted by molar-refractivity contribution is 7.17. The van der Waals surface area contributed by atoms with Crippen LogP contribution in [0.2, 0.25) is 5.02 Å². The molecule has 0 radical (unpaired) electrons. The van der Waals surface area contributed by atoms with Crippen molar-refractivity contribution in [3.8, 4) is 16.2 Å². The van der Waals surface area contributed by atoms with Crippen LogP contribution in [0.5, 0.6) is 5.75 Å². The highest BCUT2D eigenvalue weighted by Crippen LogP contribution is 2.42. The molecule has 8 heteroatoms. The Kier molecular flexibility index (Phi) is 6.50. The molecule has 0 aliphatic carbocycles. The summed E-state index contributed by atoms with van der Waals surface area (Å²) in [6.45, 7) is 0.803. The molecule has 6 nitrogen and oxygen atoms in total. The first-order valence-electron chi connectivity index (χ1n) is 10.2. The molecule has 1 aliphatic heterocycles. The van der Waals surface area contributed by atoms with E-state index in [2.05, 4.69) is 5.32 Å². The molecule has 2 amide bonds. The largest absolute Gasteiger partial charge is 0.492 e. The quantitative estimate of drug-likeness (QED) is 0.584. The lowest BCUT2D eigenvalue weighted by atomic mass is 10.1. The van der Waals surface area contributed by atoms with Crippen LogP contribution in [0.1, 0.15) is 15.2 Å². The van der Waals surface area contributed by atoms with Crippen LogP contribution in [0.4, 0.5) is 11.4 Å². The van der Waals surface area contributed by atoms with Crippen molar-refractivity contribution in [3.05, 3.63) is 64.0 Å². The number of benzene rings is 2. The van der Waals surface area contributed by atoms with E-state index in [4.69, 9.17) is 16.3 Å². The molecule has 0 unspecified atom stereocenters. The third kappa shape index (κ3) is 4.65. The Labute approximate surface area is 196 Å². The van der Waals surface area contributed by atoms with Crippen molar-refractivity contribution in [1.29, 1.82) is 0 Å². The third-order valence-electron chi connectivity index (χ3n) is 5.14. The van der Waals surface area contributed by atoms with E-state index in [1.165, 1.54) is 11.3 Å². The number of amides is 2. The van der Waals surface area contributed by atoms with Gasteiger partial charge in [-0.15, -0.1) is 11.3 Å². The molecule has 0 spiro atoms. The summed E-state index contributed by atoms with van der Waals surface area (Å²) in [5.41, 5.74) is 3.36. The number of likely N-dealkylation sites (N-methyl/N-ethyl adjacent to an activating group) is 1. The van der Waals surface area contributed by atoms with Gasteiger partial charge in [0.2, 0.25) is 5.91 Å². The van der Waals surface area contributed by atoms with Crippen molar-refractivity contribution in [3.63, 3.8) is 0 Å². The average Bonchev–Trinajstić information content (AvgIpc) is 3.09. The van der Waals surface area contributed by atoms with Crippen LogP contribution in [-0.4, -0.2) is 51.0 Å². The normalized spacial score (nSPS) is 12.4. The zero-order valence-electron chi connectivity index (χ0n) is 18.1. The van der Waals surface area contributed by atoms with Crippen LogP contribution in [0, 0.1) is 0 Å². The number of carbonyl (C=O) groups is 2. The highest BCUT2D eigenvalue weighted by Gasteiger charge is 2.24. The molecular weight excluding hydrogens is 446 g/mol. The molecule has 2 heterocycles. The number of carbonyl (C=O) groups excluding carboxylic acids is 2. The smallest absolute Gasteiger partial charge is 0.268 e. The minimum atomic E-state index is -0.105. The Bertz CT molecular complexity index is 1180. The number of nitrogens with zero attached hydrogens (tertiary/aromatic N) is 2. The fourth-order valence-electron chi connectivity index (χ4n) is 3.61. The molecule has 0 saturated carbocycles. The second-order valence-electron chi connectivity index (χ2n) is 7.88. The molecular formula is C24H24ClN3O3S. The highest BCUT2D eigenvalue weighted by atomic mass is 35.5. The number of rotatable bonds is 5. The summed E-state index contributed by atoms with van der Waals surface area (Å²) in [6.07, 6.45) is 0.700. The standard InChI is InChI=1S/C24H24ClN3O3S/c1-27(2)14-22(29)26-16-8-9-17-20(13-16)31-11-10-15-12-21(32-23(15)17)24(30)28(3)19-7-5-4-6-18(19)25/h4-9,12-13H,10-11,14H2,1-3H3,(H,26,29). The van der Waals surface area contributed by atoms with Gasteiger partial charge in [-0.25, -0.2) is 0 Å². The van der Waals surface area contributed by atoms with Crippen molar-refractivity contribution < 1.29 is 14.3 Å². The van der Waals surface area contributed by atoms with Gasteiger partial charge < -0.3 is 19.9 Å². The fourth-order valence-corrected chi connectivity index (χ4v) is 5.09. The summed E-state index contributed by atoms with van der Waals surface area (Å²) in [7, 11) is 5.42. The van der Waals surface area contributed by atoms with Gasteiger partial charge in [-0.05, 0) is 50.0 Å². The number of nitrogens with one attached hydrogen (secondary N) is 1. The number of anilines is 2. The Morgan fingerprint density at radius 2 is 1.91 bits per heavy atom. The van der Waals surface area contributed by atoms with Gasteiger partial charge in [0.05, 0.1) is 28.7 Å². The van der Waals surface area contributed by atoms with Gasteiger partial charge >= 0.3 is 0 Å². The van der Waals surface area contributed by atoms with Crippen molar-refractivity contribution >= 4 is 46.1 Å². The summed E-state index contributed by atoms with van der Waals surface area (Å²) in [5.74, 6) is 0.508. The molecule has 0 bridgehead atoms. The van der Waals surface area contributed by atoms with Gasteiger partial charge in [0.15, 0.2) is 0 Å². The zero-order valence-corrected chi connectivity index (χ0v) is 19.7. The Balaban J connectivity index is 1.62. The molecule has 1 N–H and O–H groups in total. The first-order chi connectivity index (χ1) is 15.3. The van der Waals surface area contributed by atoms with E-state index in [1.54, 1.807) is 18.0 Å². The number of para-hydroxylation sites is 1. The topological polar surface area (TPSA) is 61.9 Å². The lowest BCUT2D eigenvalue weighted by Crippen LogP contribution is -2.27. The van der Waals surface area contributed by atoms with Crippen LogP contribution >= 0.6 is 22.9 Å². The number of thiophene rings is 1. The van der Waals surface area contributed by atoms with E-state index in [0.29, 0.717) is 46.6 Å². The molecule has 1 aromatic heterocycles. The van der Waals surface area contributed by atoms with Gasteiger partial charge in [0.1, 0.15) is 5.75 Å². The number of ether oxygens (including phenoxy) is 1. The maximum absolute atomic E-state index is 13.2. The summed E-state index contributed by atoms with van der Waals surface area (Å²) < 4.78 is 5.96. The van der Waals surface area contributed by atoms with Crippen LogP contribution in [0.25, 0.3) is 10.4 Å². The van der Waals surface area contributed by atoms with Crippen LogP contribution in [0.3, 0.4) is 0 Å². The molecule has 166 valence electrons. The van der Waals surface area contributed by atoms with E-state index in [-0.39, 0.29) is 11.8 Å². The minimum Gasteiger partial charge on any atom is -0.492 e. The second kappa shape index (κ2) is 9.32. The summed E-state index contributed by atoms with van der Waals surface area (Å²) in [6, 6.07) is 14.9. The van der Waals surface area contributed by atoms with E-state index in [1.807, 2.05) is 61.5 Å². The summed E-state index contributed by atoms with van der Waals surface area (Å²) in [5, 5.41) is 3.43. The van der Waals surface area contributed by atoms with Gasteiger partial charge in [0.25, 0.3) is 5.91 Å². The van der Waals surface area contributed by atoms with E-state index < -0.39 is 0 Å². The lowest BCUT2D eigenvalue weighted by molar-refractivity contribution is -0.116. The van der Waals surface area contributed by atoms with Crippen LogP contribution in [0.15, 0.2) is 48.5 Å².